The first-order valence-corrected chi connectivity index (χ1v) is 9.85. The van der Waals surface area contributed by atoms with E-state index in [-0.39, 0.29) is 5.69 Å². The quantitative estimate of drug-likeness (QED) is 0.454. The van der Waals surface area contributed by atoms with Crippen molar-refractivity contribution in [2.24, 2.45) is 7.05 Å². The first kappa shape index (κ1) is 18.2. The molecule has 0 aliphatic heterocycles. The normalized spacial score (nSPS) is 11.4. The number of pyridine rings is 1. The fourth-order valence-electron chi connectivity index (χ4n) is 3.75. The van der Waals surface area contributed by atoms with Gasteiger partial charge in [-0.1, -0.05) is 12.1 Å². The van der Waals surface area contributed by atoms with Gasteiger partial charge in [-0.05, 0) is 62.4 Å². The molecule has 30 heavy (non-hydrogen) atoms. The highest BCUT2D eigenvalue weighted by Crippen LogP contribution is 2.26. The molecule has 0 aliphatic carbocycles. The van der Waals surface area contributed by atoms with E-state index >= 15 is 0 Å². The Labute approximate surface area is 172 Å². The minimum Gasteiger partial charge on any atom is -0.425 e. The molecule has 0 atom stereocenters. The van der Waals surface area contributed by atoms with E-state index in [0.717, 1.165) is 27.9 Å². The molecule has 5 rings (SSSR count). The second-order valence-corrected chi connectivity index (χ2v) is 7.20. The van der Waals surface area contributed by atoms with Crippen LogP contribution in [-0.2, 0) is 13.6 Å². The van der Waals surface area contributed by atoms with Gasteiger partial charge in [-0.25, -0.2) is 14.3 Å². The third kappa shape index (κ3) is 2.78. The van der Waals surface area contributed by atoms with Gasteiger partial charge in [-0.2, -0.15) is 4.98 Å². The molecule has 0 spiro atoms. The minimum absolute atomic E-state index is 0.102. The van der Waals surface area contributed by atoms with Crippen LogP contribution in [0.5, 0.6) is 11.8 Å². The van der Waals surface area contributed by atoms with E-state index in [4.69, 9.17) is 4.74 Å². The SMILES string of the molecule is CCn1c(=O)n(-c2ccc(Oc3nc4ccccc4n3C)cc2)c2nc(C)ccc21. The van der Waals surface area contributed by atoms with Crippen LogP contribution >= 0.6 is 0 Å². The number of hydrogen-bond donors (Lipinski definition) is 0. The molecule has 3 aromatic heterocycles. The molecule has 0 saturated heterocycles. The highest BCUT2D eigenvalue weighted by Gasteiger charge is 2.15. The van der Waals surface area contributed by atoms with Gasteiger partial charge in [0.05, 0.1) is 22.2 Å². The van der Waals surface area contributed by atoms with Crippen LogP contribution in [0.3, 0.4) is 0 Å². The molecule has 0 saturated carbocycles. The lowest BCUT2D eigenvalue weighted by Crippen LogP contribution is -2.22. The molecular weight excluding hydrogens is 378 g/mol. The highest BCUT2D eigenvalue weighted by atomic mass is 16.5. The summed E-state index contributed by atoms with van der Waals surface area (Å²) in [4.78, 5) is 22.1. The van der Waals surface area contributed by atoms with Crippen LogP contribution in [-0.4, -0.2) is 23.7 Å². The van der Waals surface area contributed by atoms with Gasteiger partial charge in [0.25, 0.3) is 0 Å². The first-order valence-electron chi connectivity index (χ1n) is 9.85. The summed E-state index contributed by atoms with van der Waals surface area (Å²) in [6.07, 6.45) is 0. The van der Waals surface area contributed by atoms with Crippen molar-refractivity contribution in [2.45, 2.75) is 20.4 Å². The van der Waals surface area contributed by atoms with E-state index in [0.29, 0.717) is 24.0 Å². The summed E-state index contributed by atoms with van der Waals surface area (Å²) in [5.74, 6) is 0.647. The van der Waals surface area contributed by atoms with Gasteiger partial charge in [-0.3, -0.25) is 9.13 Å². The van der Waals surface area contributed by atoms with Crippen molar-refractivity contribution in [3.8, 4) is 17.4 Å². The predicted octanol–water partition coefficient (Wildman–Crippen LogP) is 4.19. The zero-order valence-corrected chi connectivity index (χ0v) is 17.0. The molecule has 0 bridgehead atoms. The molecule has 5 aromatic rings. The van der Waals surface area contributed by atoms with E-state index in [9.17, 15) is 4.79 Å². The zero-order chi connectivity index (χ0) is 20.8. The van der Waals surface area contributed by atoms with Crippen LogP contribution in [0.4, 0.5) is 0 Å². The van der Waals surface area contributed by atoms with Gasteiger partial charge in [0, 0.05) is 19.3 Å². The smallest absolute Gasteiger partial charge is 0.334 e. The summed E-state index contributed by atoms with van der Waals surface area (Å²) in [6, 6.07) is 19.7. The maximum Gasteiger partial charge on any atom is 0.334 e. The number of hydrogen-bond acceptors (Lipinski definition) is 4. The number of rotatable bonds is 4. The Kier molecular flexibility index (Phi) is 4.17. The van der Waals surface area contributed by atoms with Gasteiger partial charge >= 0.3 is 11.7 Å². The van der Waals surface area contributed by atoms with E-state index in [1.54, 1.807) is 9.13 Å². The second kappa shape index (κ2) is 6.88. The van der Waals surface area contributed by atoms with E-state index in [1.165, 1.54) is 0 Å². The molecular formula is C23H21N5O2. The molecule has 150 valence electrons. The number of ether oxygens (including phenoxy) is 1. The number of para-hydroxylation sites is 2. The lowest BCUT2D eigenvalue weighted by Gasteiger charge is -2.07. The largest absolute Gasteiger partial charge is 0.425 e. The van der Waals surface area contributed by atoms with Crippen molar-refractivity contribution in [3.63, 3.8) is 0 Å². The van der Waals surface area contributed by atoms with E-state index < -0.39 is 0 Å². The predicted molar refractivity (Wildman–Crippen MR) is 117 cm³/mol. The van der Waals surface area contributed by atoms with Crippen molar-refractivity contribution in [1.29, 1.82) is 0 Å². The number of aromatic nitrogens is 5. The number of fused-ring (bicyclic) bond motifs is 2. The molecule has 0 N–H and O–H groups in total. The summed E-state index contributed by atoms with van der Waals surface area (Å²) >= 11 is 0. The Hall–Kier alpha value is -3.87. The Morgan fingerprint density at radius 1 is 0.933 bits per heavy atom. The van der Waals surface area contributed by atoms with Crippen molar-refractivity contribution >= 4 is 22.2 Å². The molecule has 7 heteroatoms. The Balaban J connectivity index is 1.54. The Morgan fingerprint density at radius 2 is 1.70 bits per heavy atom. The van der Waals surface area contributed by atoms with Crippen LogP contribution in [0, 0.1) is 6.92 Å². The fraction of sp³-hybridized carbons (Fsp3) is 0.174. The average molecular weight is 399 g/mol. The lowest BCUT2D eigenvalue weighted by molar-refractivity contribution is 0.428. The Morgan fingerprint density at radius 3 is 2.43 bits per heavy atom. The zero-order valence-electron chi connectivity index (χ0n) is 17.0. The third-order valence-corrected chi connectivity index (χ3v) is 5.28. The number of imidazole rings is 2. The van der Waals surface area contributed by atoms with Crippen LogP contribution in [0.2, 0.25) is 0 Å². The van der Waals surface area contributed by atoms with Crippen LogP contribution < -0.4 is 10.4 Å². The van der Waals surface area contributed by atoms with Crippen molar-refractivity contribution < 1.29 is 4.74 Å². The molecule has 2 aromatic carbocycles. The molecule has 0 fully saturated rings. The van der Waals surface area contributed by atoms with Gasteiger partial charge in [0.1, 0.15) is 5.75 Å². The monoisotopic (exact) mass is 399 g/mol. The Bertz CT molecular complexity index is 1440. The lowest BCUT2D eigenvalue weighted by atomic mass is 10.3. The number of aryl methyl sites for hydroxylation is 3. The molecule has 7 nitrogen and oxygen atoms in total. The molecule has 3 heterocycles. The van der Waals surface area contributed by atoms with Gasteiger partial charge in [0.15, 0.2) is 5.65 Å². The first-order chi connectivity index (χ1) is 14.6. The van der Waals surface area contributed by atoms with Gasteiger partial charge < -0.3 is 4.74 Å². The molecule has 0 unspecified atom stereocenters. The third-order valence-electron chi connectivity index (χ3n) is 5.28. The number of benzene rings is 2. The summed E-state index contributed by atoms with van der Waals surface area (Å²) in [5.41, 5.74) is 4.88. The van der Waals surface area contributed by atoms with Crippen molar-refractivity contribution in [1.82, 2.24) is 23.7 Å². The van der Waals surface area contributed by atoms with Gasteiger partial charge in [-0.15, -0.1) is 0 Å². The van der Waals surface area contributed by atoms with Crippen molar-refractivity contribution in [3.05, 3.63) is 76.8 Å². The van der Waals surface area contributed by atoms with E-state index in [1.807, 2.05) is 86.1 Å². The summed E-state index contributed by atoms with van der Waals surface area (Å²) in [5, 5.41) is 0. The average Bonchev–Trinajstić information content (AvgIpc) is 3.21. The maximum atomic E-state index is 13.0. The van der Waals surface area contributed by atoms with Crippen LogP contribution in [0.1, 0.15) is 12.6 Å². The molecule has 0 aliphatic rings. The summed E-state index contributed by atoms with van der Waals surface area (Å²) < 4.78 is 11.3. The topological polar surface area (TPSA) is 66.9 Å². The fourth-order valence-corrected chi connectivity index (χ4v) is 3.75. The summed E-state index contributed by atoms with van der Waals surface area (Å²) in [6.45, 7) is 4.46. The van der Waals surface area contributed by atoms with Gasteiger partial charge in [0.2, 0.25) is 0 Å². The van der Waals surface area contributed by atoms with Crippen LogP contribution in [0.25, 0.3) is 27.9 Å². The van der Waals surface area contributed by atoms with E-state index in [2.05, 4.69) is 9.97 Å². The number of nitrogens with zero attached hydrogens (tertiary/aromatic N) is 5. The standard InChI is InChI=1S/C23H21N5O2/c1-4-27-20-14-9-15(2)24-21(20)28(23(27)29)16-10-12-17(13-11-16)30-22-25-18-7-5-6-8-19(18)26(22)3/h5-14H,4H2,1-3H3. The summed E-state index contributed by atoms with van der Waals surface area (Å²) in [7, 11) is 1.92. The second-order valence-electron chi connectivity index (χ2n) is 7.20. The maximum absolute atomic E-state index is 13.0. The van der Waals surface area contributed by atoms with Crippen LogP contribution in [0.15, 0.2) is 65.5 Å². The van der Waals surface area contributed by atoms with Crippen molar-refractivity contribution in [2.75, 3.05) is 0 Å². The minimum atomic E-state index is -0.102. The molecule has 0 radical (unpaired) electrons. The molecule has 0 amide bonds. The highest BCUT2D eigenvalue weighted by molar-refractivity contribution is 5.76.